The smallest absolute Gasteiger partial charge is 0.416 e. The van der Waals surface area contributed by atoms with Gasteiger partial charge in [-0.05, 0) is 114 Å². The van der Waals surface area contributed by atoms with Crippen molar-refractivity contribution in [1.82, 2.24) is 0 Å². The molecule has 0 spiro atoms. The van der Waals surface area contributed by atoms with Crippen LogP contribution in [0.1, 0.15) is 75.6 Å². The highest BCUT2D eigenvalue weighted by Crippen LogP contribution is 2.46. The van der Waals surface area contributed by atoms with E-state index >= 15 is 0 Å². The number of rotatable bonds is 5. The summed E-state index contributed by atoms with van der Waals surface area (Å²) in [5.74, 6) is 0.295. The first-order valence-electron chi connectivity index (χ1n) is 17.0. The fourth-order valence-electron chi connectivity index (χ4n) is 7.27. The van der Waals surface area contributed by atoms with Crippen LogP contribution in [0.3, 0.4) is 0 Å². The van der Waals surface area contributed by atoms with E-state index in [0.717, 1.165) is 35.2 Å². The molecule has 0 bridgehead atoms. The number of hydrogen-bond acceptors (Lipinski definition) is 4. The summed E-state index contributed by atoms with van der Waals surface area (Å²) in [7, 11) is 0. The molecule has 8 rings (SSSR count). The van der Waals surface area contributed by atoms with E-state index < -0.39 is 17.4 Å². The third-order valence-electron chi connectivity index (χ3n) is 9.88. The molecule has 0 saturated carbocycles. The minimum absolute atomic E-state index is 0.0423. The molecule has 4 nitrogen and oxygen atoms in total. The fraction of sp³-hybridized carbons (Fsp3) is 0.233. The van der Waals surface area contributed by atoms with Gasteiger partial charge in [-0.2, -0.15) is 13.2 Å². The second kappa shape index (κ2) is 14.3. The van der Waals surface area contributed by atoms with Crippen LogP contribution in [0.15, 0.2) is 131 Å². The van der Waals surface area contributed by atoms with Crippen molar-refractivity contribution < 1.29 is 27.4 Å². The van der Waals surface area contributed by atoms with Gasteiger partial charge in [0.1, 0.15) is 23.7 Å². The summed E-state index contributed by atoms with van der Waals surface area (Å²) in [6.07, 6.45) is 2.39. The largest absolute Gasteiger partial charge is 0.507 e. The van der Waals surface area contributed by atoms with E-state index in [1.807, 2.05) is 42.5 Å². The topological polar surface area (TPSA) is 59.7 Å². The van der Waals surface area contributed by atoms with Gasteiger partial charge in [0.15, 0.2) is 0 Å². The Labute approximate surface area is 288 Å². The summed E-state index contributed by atoms with van der Waals surface area (Å²) >= 11 is 0. The zero-order valence-corrected chi connectivity index (χ0v) is 27.5. The molecule has 0 radical (unpaired) electrons. The van der Waals surface area contributed by atoms with Crippen molar-refractivity contribution in [2.24, 2.45) is 0 Å². The second-order valence-corrected chi connectivity index (χ2v) is 13.1. The van der Waals surface area contributed by atoms with Crippen LogP contribution in [-0.2, 0) is 32.0 Å². The lowest BCUT2D eigenvalue weighted by Crippen LogP contribution is -2.23. The fourth-order valence-corrected chi connectivity index (χ4v) is 7.27. The van der Waals surface area contributed by atoms with E-state index in [1.165, 1.54) is 37.8 Å². The van der Waals surface area contributed by atoms with Crippen LogP contribution >= 0.6 is 0 Å². The molecule has 5 aromatic carbocycles. The van der Waals surface area contributed by atoms with E-state index in [2.05, 4.69) is 30.3 Å². The Kier molecular flexibility index (Phi) is 9.48. The molecule has 0 fully saturated rings. The lowest BCUT2D eigenvalue weighted by atomic mass is 9.72. The molecule has 0 amide bonds. The van der Waals surface area contributed by atoms with Crippen molar-refractivity contribution in [3.8, 4) is 11.5 Å². The average Bonchev–Trinajstić information content (AvgIpc) is 3.14. The minimum atomic E-state index is -4.37. The first-order chi connectivity index (χ1) is 24.2. The molecule has 2 aliphatic rings. The third-order valence-corrected chi connectivity index (χ3v) is 9.88. The van der Waals surface area contributed by atoms with Gasteiger partial charge in [-0.3, -0.25) is 0 Å². The molecule has 0 saturated heterocycles. The normalized spacial score (nSPS) is 16.9. The quantitative estimate of drug-likeness (QED) is 0.185. The standard InChI is InChI=1S/C33H25F3O4.C10H12/c34-33(35,36)24-13-9-20(10-14-24)19-39-25-15-11-21(12-16-25)23-17-22-5-1-2-6-26(22)28(18-23)30-31(37)27-7-3-4-8-29(27)40-32(30)38;1-2-6-10-8-4-3-7-9(10)5-1/h1-16,23,28,37H,17-19H2;1-2,5-6H,3-4,7-8H2. The molecular formula is C43H37F3O4. The number of fused-ring (bicyclic) bond motifs is 3. The monoisotopic (exact) mass is 674 g/mol. The maximum Gasteiger partial charge on any atom is 0.416 e. The zero-order chi connectivity index (χ0) is 34.7. The number of halogens is 3. The number of para-hydroxylation sites is 1. The molecule has 1 heterocycles. The number of aryl methyl sites for hydroxylation is 2. The Bertz CT molecular complexity index is 2130. The van der Waals surface area contributed by atoms with E-state index in [4.69, 9.17) is 9.15 Å². The van der Waals surface area contributed by atoms with Gasteiger partial charge in [-0.15, -0.1) is 0 Å². The van der Waals surface area contributed by atoms with Crippen LogP contribution in [0.25, 0.3) is 11.0 Å². The minimum Gasteiger partial charge on any atom is -0.507 e. The molecule has 1 N–H and O–H groups in total. The first-order valence-corrected chi connectivity index (χ1v) is 17.0. The maximum atomic E-state index is 13.1. The lowest BCUT2D eigenvalue weighted by Gasteiger charge is -2.32. The predicted molar refractivity (Wildman–Crippen MR) is 189 cm³/mol. The highest BCUT2D eigenvalue weighted by atomic mass is 19.4. The molecule has 6 aromatic rings. The van der Waals surface area contributed by atoms with Gasteiger partial charge in [0.2, 0.25) is 0 Å². The molecule has 2 atom stereocenters. The summed E-state index contributed by atoms with van der Waals surface area (Å²) in [4.78, 5) is 13.1. The molecule has 50 heavy (non-hydrogen) atoms. The number of alkyl halides is 3. The van der Waals surface area contributed by atoms with E-state index in [1.54, 1.807) is 35.4 Å². The molecule has 254 valence electrons. The number of benzene rings is 5. The van der Waals surface area contributed by atoms with Crippen molar-refractivity contribution >= 4 is 11.0 Å². The van der Waals surface area contributed by atoms with Gasteiger partial charge in [0, 0.05) is 5.92 Å². The molecule has 2 unspecified atom stereocenters. The molecule has 0 aliphatic heterocycles. The number of hydrogen-bond donors (Lipinski definition) is 1. The number of ether oxygens (including phenoxy) is 1. The summed E-state index contributed by atoms with van der Waals surface area (Å²) in [6, 6.07) is 36.3. The van der Waals surface area contributed by atoms with Gasteiger partial charge < -0.3 is 14.3 Å². The Balaban J connectivity index is 0.000000334. The summed E-state index contributed by atoms with van der Waals surface area (Å²) in [5, 5.41) is 11.7. The van der Waals surface area contributed by atoms with Gasteiger partial charge in [-0.25, -0.2) is 4.79 Å². The van der Waals surface area contributed by atoms with E-state index in [0.29, 0.717) is 28.7 Å². The summed E-state index contributed by atoms with van der Waals surface area (Å²) < 4.78 is 49.8. The van der Waals surface area contributed by atoms with Crippen molar-refractivity contribution in [3.05, 3.63) is 176 Å². The molecular weight excluding hydrogens is 637 g/mol. The summed E-state index contributed by atoms with van der Waals surface area (Å²) in [6.45, 7) is 0.146. The van der Waals surface area contributed by atoms with Crippen LogP contribution in [0.4, 0.5) is 13.2 Å². The zero-order valence-electron chi connectivity index (χ0n) is 27.5. The van der Waals surface area contributed by atoms with Gasteiger partial charge in [-0.1, -0.05) is 84.9 Å². The highest BCUT2D eigenvalue weighted by Gasteiger charge is 2.33. The third kappa shape index (κ3) is 7.18. The maximum absolute atomic E-state index is 13.1. The van der Waals surface area contributed by atoms with Crippen molar-refractivity contribution in [2.45, 2.75) is 63.1 Å². The van der Waals surface area contributed by atoms with Crippen molar-refractivity contribution in [1.29, 1.82) is 0 Å². The second-order valence-electron chi connectivity index (χ2n) is 13.1. The Morgan fingerprint density at radius 2 is 1.36 bits per heavy atom. The number of aromatic hydroxyl groups is 1. The van der Waals surface area contributed by atoms with Gasteiger partial charge in [0.05, 0.1) is 16.5 Å². The van der Waals surface area contributed by atoms with E-state index in [-0.39, 0.29) is 29.8 Å². The van der Waals surface area contributed by atoms with Crippen LogP contribution in [0.2, 0.25) is 0 Å². The average molecular weight is 675 g/mol. The lowest BCUT2D eigenvalue weighted by molar-refractivity contribution is -0.137. The SMILES string of the molecule is O=c1oc2ccccc2c(O)c1C1CC(c2ccc(OCc3ccc(C(F)(F)F)cc3)cc2)Cc2ccccc21.c1ccc2c(c1)CCCC2. The Hall–Kier alpha value is -5.30. The van der Waals surface area contributed by atoms with Gasteiger partial charge in [0.25, 0.3) is 0 Å². The van der Waals surface area contributed by atoms with E-state index in [9.17, 15) is 23.1 Å². The van der Waals surface area contributed by atoms with Crippen molar-refractivity contribution in [3.63, 3.8) is 0 Å². The van der Waals surface area contributed by atoms with Crippen LogP contribution < -0.4 is 10.4 Å². The Morgan fingerprint density at radius 1 is 0.740 bits per heavy atom. The summed E-state index contributed by atoms with van der Waals surface area (Å²) in [5.41, 5.74) is 6.36. The van der Waals surface area contributed by atoms with Gasteiger partial charge >= 0.3 is 11.8 Å². The van der Waals surface area contributed by atoms with Crippen molar-refractivity contribution in [2.75, 3.05) is 0 Å². The molecule has 1 aromatic heterocycles. The molecule has 7 heteroatoms. The Morgan fingerprint density at radius 3 is 2.04 bits per heavy atom. The molecule has 2 aliphatic carbocycles. The van der Waals surface area contributed by atoms with Crippen LogP contribution in [-0.4, -0.2) is 5.11 Å². The first kappa shape index (κ1) is 33.2. The highest BCUT2D eigenvalue weighted by molar-refractivity contribution is 5.84. The van der Waals surface area contributed by atoms with Crippen LogP contribution in [0.5, 0.6) is 11.5 Å². The van der Waals surface area contributed by atoms with Crippen LogP contribution in [0, 0.1) is 0 Å². The predicted octanol–water partition coefficient (Wildman–Crippen LogP) is 10.5.